The number of ether oxygens (including phenoxy) is 3. The summed E-state index contributed by atoms with van der Waals surface area (Å²) in [4.78, 5) is 35.9. The van der Waals surface area contributed by atoms with Crippen LogP contribution >= 0.6 is 7.82 Å². The maximum absolute atomic E-state index is 12.9. The standard InChI is InChI=1S/C51H87O14P/c1-3-5-7-9-11-13-14-15-16-17-18-19-20-21-22-24-26-28-34-38-45(53)63-41(40-62-66(59,60)65-51-49(57)47(55)46(54)48(56)50(51)58)39-61-44(52)37-33-30-29-32-36-43-42(64-43)35-31-27-25-23-12-10-8-6-4-2/h11-13,15-16,23,27,29,31-32,41-43,46-51,54-58H,3-10,14,17-22,24-26,28,30,33-40H2,1-2H3,(H,59,60)/b13-11-,16-15-,23-12-,31-27-,32-29-/t41-,42?,43?,46?,47-,48+,49-,50-,51?/m1/s1. The van der Waals surface area contributed by atoms with Crippen LogP contribution in [-0.2, 0) is 37.4 Å². The van der Waals surface area contributed by atoms with Crippen molar-refractivity contribution in [3.05, 3.63) is 60.8 Å². The van der Waals surface area contributed by atoms with Gasteiger partial charge < -0.3 is 44.6 Å². The van der Waals surface area contributed by atoms with Gasteiger partial charge in [-0.1, -0.05) is 145 Å². The molecular weight excluding hydrogens is 868 g/mol. The fourth-order valence-electron chi connectivity index (χ4n) is 7.53. The zero-order chi connectivity index (χ0) is 48.3. The molecule has 1 aliphatic carbocycles. The fourth-order valence-corrected chi connectivity index (χ4v) is 8.50. The molecule has 380 valence electrons. The third-order valence-corrected chi connectivity index (χ3v) is 12.7. The minimum absolute atomic E-state index is 0.0744. The van der Waals surface area contributed by atoms with Gasteiger partial charge >= 0.3 is 19.8 Å². The van der Waals surface area contributed by atoms with Crippen molar-refractivity contribution in [3.63, 3.8) is 0 Å². The first kappa shape index (κ1) is 59.6. The minimum atomic E-state index is -5.14. The van der Waals surface area contributed by atoms with Crippen molar-refractivity contribution in [2.45, 2.75) is 236 Å². The molecule has 2 fully saturated rings. The summed E-state index contributed by atoms with van der Waals surface area (Å²) in [6, 6.07) is 0. The molecule has 0 bridgehead atoms. The van der Waals surface area contributed by atoms with Crippen LogP contribution in [0.15, 0.2) is 60.8 Å². The van der Waals surface area contributed by atoms with Gasteiger partial charge in [0.05, 0.1) is 18.8 Å². The van der Waals surface area contributed by atoms with E-state index in [1.54, 1.807) is 0 Å². The largest absolute Gasteiger partial charge is 0.472 e. The van der Waals surface area contributed by atoms with Crippen LogP contribution in [-0.4, -0.2) is 111 Å². The second-order valence-corrected chi connectivity index (χ2v) is 19.1. The van der Waals surface area contributed by atoms with E-state index in [-0.39, 0.29) is 25.0 Å². The van der Waals surface area contributed by atoms with Crippen LogP contribution in [0.2, 0.25) is 0 Å². The Morgan fingerprint density at radius 1 is 0.530 bits per heavy atom. The van der Waals surface area contributed by atoms with E-state index in [1.807, 2.05) is 12.2 Å². The lowest BCUT2D eigenvalue weighted by molar-refractivity contribution is -0.220. The van der Waals surface area contributed by atoms with Crippen molar-refractivity contribution in [2.24, 2.45) is 0 Å². The SMILES string of the molecule is CCCCC/C=C\C/C=C\CCCCCCCCCCCC(=O)O[C@H](COC(=O)CCC/C=C\CC1OC1C/C=C\C/C=C\CCCCC)COP(=O)(O)OC1[C@H](O)[C@H](O)C(O)[C@H](O)[C@H]1O. The molecule has 2 rings (SSSR count). The first-order valence-corrected chi connectivity index (χ1v) is 26.7. The Balaban J connectivity index is 1.70. The molecule has 0 spiro atoms. The minimum Gasteiger partial charge on any atom is -0.462 e. The molecule has 15 heteroatoms. The molecule has 5 unspecified atom stereocenters. The molecule has 6 N–H and O–H groups in total. The van der Waals surface area contributed by atoms with E-state index >= 15 is 0 Å². The average molecular weight is 955 g/mol. The van der Waals surface area contributed by atoms with Gasteiger partial charge in [-0.05, 0) is 83.5 Å². The van der Waals surface area contributed by atoms with Crippen LogP contribution in [0, 0.1) is 0 Å². The number of allylic oxidation sites excluding steroid dienone is 8. The van der Waals surface area contributed by atoms with Crippen LogP contribution in [0.5, 0.6) is 0 Å². The quantitative estimate of drug-likeness (QED) is 0.0111. The van der Waals surface area contributed by atoms with Crippen LogP contribution < -0.4 is 0 Å². The molecular formula is C51H87O14P. The van der Waals surface area contributed by atoms with Crippen molar-refractivity contribution in [1.82, 2.24) is 0 Å². The molecule has 0 aromatic rings. The van der Waals surface area contributed by atoms with Crippen molar-refractivity contribution >= 4 is 19.8 Å². The maximum atomic E-state index is 12.9. The Morgan fingerprint density at radius 2 is 0.955 bits per heavy atom. The van der Waals surface area contributed by atoms with Crippen molar-refractivity contribution in [2.75, 3.05) is 13.2 Å². The maximum Gasteiger partial charge on any atom is 0.472 e. The molecule has 0 radical (unpaired) electrons. The Labute approximate surface area is 396 Å². The number of aliphatic hydroxyl groups is 5. The van der Waals surface area contributed by atoms with E-state index in [1.165, 1.54) is 70.6 Å². The second-order valence-electron chi connectivity index (χ2n) is 17.7. The lowest BCUT2D eigenvalue weighted by Gasteiger charge is -2.41. The van der Waals surface area contributed by atoms with Gasteiger partial charge in [0.2, 0.25) is 0 Å². The second kappa shape index (κ2) is 37.4. The molecule has 1 saturated heterocycles. The van der Waals surface area contributed by atoms with Gasteiger partial charge in [0.15, 0.2) is 6.10 Å². The van der Waals surface area contributed by atoms with Gasteiger partial charge in [-0.15, -0.1) is 0 Å². The summed E-state index contributed by atoms with van der Waals surface area (Å²) in [7, 11) is -5.14. The lowest BCUT2D eigenvalue weighted by atomic mass is 9.85. The molecule has 0 aromatic heterocycles. The summed E-state index contributed by atoms with van der Waals surface area (Å²) in [6.07, 6.45) is 34.3. The number of phosphoric acid groups is 1. The highest BCUT2D eigenvalue weighted by Crippen LogP contribution is 2.47. The molecule has 14 nitrogen and oxygen atoms in total. The van der Waals surface area contributed by atoms with E-state index in [9.17, 15) is 44.6 Å². The number of aliphatic hydroxyl groups excluding tert-OH is 5. The summed E-state index contributed by atoms with van der Waals surface area (Å²) in [5.41, 5.74) is 0. The van der Waals surface area contributed by atoms with Gasteiger partial charge in [0, 0.05) is 12.8 Å². The number of rotatable bonds is 40. The summed E-state index contributed by atoms with van der Waals surface area (Å²) in [5, 5.41) is 50.3. The van der Waals surface area contributed by atoms with Crippen molar-refractivity contribution < 1.29 is 67.8 Å². The zero-order valence-electron chi connectivity index (χ0n) is 40.2. The number of carbonyl (C=O) groups excluding carboxylic acids is 2. The first-order valence-electron chi connectivity index (χ1n) is 25.2. The number of unbranched alkanes of at least 4 members (excludes halogenated alkanes) is 16. The number of hydrogen-bond donors (Lipinski definition) is 6. The Kier molecular flexibility index (Phi) is 33.8. The normalized spacial score (nSPS) is 24.8. The summed E-state index contributed by atoms with van der Waals surface area (Å²) in [5.74, 6) is -1.18. The molecule has 1 heterocycles. The van der Waals surface area contributed by atoms with Gasteiger partial charge in [-0.25, -0.2) is 4.57 Å². The zero-order valence-corrected chi connectivity index (χ0v) is 41.1. The summed E-state index contributed by atoms with van der Waals surface area (Å²) >= 11 is 0. The van der Waals surface area contributed by atoms with E-state index in [0.717, 1.165) is 64.2 Å². The number of carbonyl (C=O) groups is 2. The number of esters is 2. The smallest absolute Gasteiger partial charge is 0.462 e. The molecule has 10 atom stereocenters. The summed E-state index contributed by atoms with van der Waals surface area (Å²) in [6.45, 7) is 3.19. The van der Waals surface area contributed by atoms with Crippen LogP contribution in [0.25, 0.3) is 0 Å². The van der Waals surface area contributed by atoms with Gasteiger partial charge in [0.25, 0.3) is 0 Å². The Bertz CT molecular complexity index is 1450. The van der Waals surface area contributed by atoms with Crippen LogP contribution in [0.1, 0.15) is 181 Å². The molecule has 66 heavy (non-hydrogen) atoms. The van der Waals surface area contributed by atoms with E-state index in [4.69, 9.17) is 23.3 Å². The first-order chi connectivity index (χ1) is 31.9. The highest BCUT2D eigenvalue weighted by Gasteiger charge is 2.51. The summed E-state index contributed by atoms with van der Waals surface area (Å²) < 4.78 is 39.3. The predicted octanol–water partition coefficient (Wildman–Crippen LogP) is 9.49. The topological polar surface area (TPSA) is 222 Å². The fraction of sp³-hybridized carbons (Fsp3) is 0.765. The highest BCUT2D eigenvalue weighted by atomic mass is 31.2. The van der Waals surface area contributed by atoms with E-state index < -0.39 is 75.7 Å². The molecule has 1 aliphatic heterocycles. The van der Waals surface area contributed by atoms with E-state index in [2.05, 4.69) is 62.5 Å². The van der Waals surface area contributed by atoms with Crippen molar-refractivity contribution in [3.8, 4) is 0 Å². The Hall–Kier alpha value is -2.49. The highest BCUT2D eigenvalue weighted by molar-refractivity contribution is 7.47. The molecule has 1 saturated carbocycles. The monoisotopic (exact) mass is 955 g/mol. The van der Waals surface area contributed by atoms with Gasteiger partial charge in [-0.3, -0.25) is 18.6 Å². The average Bonchev–Trinajstić information content (AvgIpc) is 4.06. The number of phosphoric ester groups is 1. The third kappa shape index (κ3) is 28.7. The number of epoxide rings is 1. The third-order valence-electron chi connectivity index (χ3n) is 11.7. The Morgan fingerprint density at radius 3 is 1.50 bits per heavy atom. The predicted molar refractivity (Wildman–Crippen MR) is 257 cm³/mol. The van der Waals surface area contributed by atoms with Gasteiger partial charge in [0.1, 0.15) is 43.2 Å². The molecule has 0 amide bonds. The molecule has 0 aromatic carbocycles. The van der Waals surface area contributed by atoms with E-state index in [0.29, 0.717) is 19.3 Å². The van der Waals surface area contributed by atoms with Gasteiger partial charge in [-0.2, -0.15) is 0 Å². The van der Waals surface area contributed by atoms with Crippen LogP contribution in [0.4, 0.5) is 0 Å². The van der Waals surface area contributed by atoms with Crippen molar-refractivity contribution in [1.29, 1.82) is 0 Å². The van der Waals surface area contributed by atoms with Crippen LogP contribution in [0.3, 0.4) is 0 Å². The lowest BCUT2D eigenvalue weighted by Crippen LogP contribution is -2.64. The molecule has 2 aliphatic rings. The number of hydrogen-bond acceptors (Lipinski definition) is 13.